The molecule has 0 rings (SSSR count). The number of aliphatic hydroxyl groups is 1. The minimum Gasteiger partial charge on any atom is -0.480 e. The second kappa shape index (κ2) is 12.2. The molecule has 11 heteroatoms. The first kappa shape index (κ1) is 22.8. The van der Waals surface area contributed by atoms with Crippen LogP contribution in [0.1, 0.15) is 32.1 Å². The molecule has 0 aromatic heterocycles. The molecule has 0 aromatic rings. The van der Waals surface area contributed by atoms with E-state index < -0.39 is 48.4 Å². The molecule has 3 amide bonds. The van der Waals surface area contributed by atoms with Crippen LogP contribution in [0.3, 0.4) is 0 Å². The van der Waals surface area contributed by atoms with Crippen molar-refractivity contribution in [3.05, 3.63) is 0 Å². The lowest BCUT2D eigenvalue weighted by atomic mass is 10.1. The molecule has 0 bridgehead atoms. The van der Waals surface area contributed by atoms with Crippen molar-refractivity contribution in [1.29, 1.82) is 0 Å². The molecule has 3 atom stereocenters. The fourth-order valence-corrected chi connectivity index (χ4v) is 1.92. The molecular formula is C14H27N5O6. The van der Waals surface area contributed by atoms with E-state index in [2.05, 4.69) is 10.6 Å². The first-order valence-corrected chi connectivity index (χ1v) is 7.91. The van der Waals surface area contributed by atoms with Crippen LogP contribution < -0.4 is 27.8 Å². The van der Waals surface area contributed by atoms with Gasteiger partial charge in [0.05, 0.1) is 12.6 Å². The van der Waals surface area contributed by atoms with Crippen molar-refractivity contribution in [2.45, 2.75) is 50.2 Å². The van der Waals surface area contributed by atoms with Gasteiger partial charge in [-0.3, -0.25) is 14.4 Å². The Morgan fingerprint density at radius 3 is 2.04 bits per heavy atom. The summed E-state index contributed by atoms with van der Waals surface area (Å²) < 4.78 is 0. The lowest BCUT2D eigenvalue weighted by molar-refractivity contribution is -0.142. The highest BCUT2D eigenvalue weighted by atomic mass is 16.4. The molecule has 0 radical (unpaired) electrons. The average molecular weight is 361 g/mol. The Balaban J connectivity index is 4.63. The van der Waals surface area contributed by atoms with Gasteiger partial charge < -0.3 is 38.0 Å². The number of unbranched alkanes of at least 4 members (excludes halogenated alkanes) is 1. The highest BCUT2D eigenvalue weighted by molar-refractivity contribution is 5.92. The van der Waals surface area contributed by atoms with E-state index in [9.17, 15) is 24.3 Å². The summed E-state index contributed by atoms with van der Waals surface area (Å²) in [5, 5.41) is 22.8. The Labute approximate surface area is 145 Å². The van der Waals surface area contributed by atoms with E-state index in [1.807, 2.05) is 0 Å². The minimum atomic E-state index is -1.36. The molecule has 0 aliphatic carbocycles. The lowest BCUT2D eigenvalue weighted by Gasteiger charge is -2.21. The number of carboxylic acids is 1. The number of primary amides is 1. The van der Waals surface area contributed by atoms with Gasteiger partial charge in [0.15, 0.2) is 0 Å². The molecule has 11 nitrogen and oxygen atoms in total. The van der Waals surface area contributed by atoms with Gasteiger partial charge in [0.25, 0.3) is 0 Å². The molecule has 0 fully saturated rings. The molecule has 0 aromatic carbocycles. The Morgan fingerprint density at radius 1 is 0.960 bits per heavy atom. The third kappa shape index (κ3) is 9.59. The van der Waals surface area contributed by atoms with Crippen LogP contribution in [0.5, 0.6) is 0 Å². The van der Waals surface area contributed by atoms with E-state index in [1.54, 1.807) is 0 Å². The second-order valence-electron chi connectivity index (χ2n) is 5.54. The quantitative estimate of drug-likeness (QED) is 0.165. The monoisotopic (exact) mass is 361 g/mol. The van der Waals surface area contributed by atoms with Crippen LogP contribution in [-0.2, 0) is 19.2 Å². The summed E-state index contributed by atoms with van der Waals surface area (Å²) in [6.07, 6.45) is 1.16. The highest BCUT2D eigenvalue weighted by Gasteiger charge is 2.27. The Morgan fingerprint density at radius 2 is 1.56 bits per heavy atom. The molecule has 25 heavy (non-hydrogen) atoms. The van der Waals surface area contributed by atoms with Crippen molar-refractivity contribution in [3.63, 3.8) is 0 Å². The van der Waals surface area contributed by atoms with Gasteiger partial charge in [0.2, 0.25) is 17.7 Å². The smallest absolute Gasteiger partial charge is 0.326 e. The number of nitrogens with one attached hydrogen (secondary N) is 2. The zero-order valence-electron chi connectivity index (χ0n) is 13.9. The largest absolute Gasteiger partial charge is 0.480 e. The number of carbonyl (C=O) groups excluding carboxylic acids is 3. The summed E-state index contributed by atoms with van der Waals surface area (Å²) in [6, 6.07) is -3.61. The highest BCUT2D eigenvalue weighted by Crippen LogP contribution is 2.02. The molecule has 0 aliphatic rings. The van der Waals surface area contributed by atoms with Gasteiger partial charge >= 0.3 is 5.97 Å². The van der Waals surface area contributed by atoms with E-state index in [4.69, 9.17) is 22.3 Å². The van der Waals surface area contributed by atoms with Crippen molar-refractivity contribution in [1.82, 2.24) is 10.6 Å². The number of amides is 3. The number of hydrogen-bond acceptors (Lipinski definition) is 7. The predicted molar refractivity (Wildman–Crippen MR) is 87.9 cm³/mol. The van der Waals surface area contributed by atoms with Gasteiger partial charge in [0, 0.05) is 6.42 Å². The maximum absolute atomic E-state index is 12.1. The summed E-state index contributed by atoms with van der Waals surface area (Å²) in [5.74, 6) is -3.46. The molecular weight excluding hydrogens is 334 g/mol. The topological polar surface area (TPSA) is 211 Å². The molecule has 0 saturated heterocycles. The number of rotatable bonds is 13. The Kier molecular flexibility index (Phi) is 11.1. The Bertz CT molecular complexity index is 473. The molecule has 0 saturated carbocycles. The third-order valence-electron chi connectivity index (χ3n) is 3.42. The zero-order chi connectivity index (χ0) is 19.4. The summed E-state index contributed by atoms with van der Waals surface area (Å²) >= 11 is 0. The van der Waals surface area contributed by atoms with E-state index in [1.165, 1.54) is 0 Å². The number of aliphatic hydroxyl groups excluding tert-OH is 1. The van der Waals surface area contributed by atoms with Gasteiger partial charge in [-0.15, -0.1) is 0 Å². The van der Waals surface area contributed by atoms with Crippen LogP contribution in [0.25, 0.3) is 0 Å². The number of carbonyl (C=O) groups is 4. The number of nitrogens with two attached hydrogens (primary N) is 3. The lowest BCUT2D eigenvalue weighted by Crippen LogP contribution is -2.55. The summed E-state index contributed by atoms with van der Waals surface area (Å²) in [5.41, 5.74) is 15.8. The van der Waals surface area contributed by atoms with Crippen molar-refractivity contribution < 1.29 is 29.4 Å². The normalized spacial score (nSPS) is 14.2. The third-order valence-corrected chi connectivity index (χ3v) is 3.42. The van der Waals surface area contributed by atoms with E-state index in [0.29, 0.717) is 19.4 Å². The van der Waals surface area contributed by atoms with E-state index >= 15 is 0 Å². The predicted octanol–water partition coefficient (Wildman–Crippen LogP) is -3.25. The molecule has 144 valence electrons. The molecule has 0 spiro atoms. The molecule has 0 heterocycles. The number of hydrogen-bond donors (Lipinski definition) is 7. The first-order valence-electron chi connectivity index (χ1n) is 7.91. The van der Waals surface area contributed by atoms with Crippen LogP contribution in [0.2, 0.25) is 0 Å². The van der Waals surface area contributed by atoms with Crippen LogP contribution >= 0.6 is 0 Å². The molecule has 0 aliphatic heterocycles. The molecule has 3 unspecified atom stereocenters. The zero-order valence-corrected chi connectivity index (χ0v) is 13.9. The summed E-state index contributed by atoms with van der Waals surface area (Å²) in [7, 11) is 0. The van der Waals surface area contributed by atoms with Gasteiger partial charge in [-0.2, -0.15) is 0 Å². The van der Waals surface area contributed by atoms with Crippen molar-refractivity contribution >= 4 is 23.7 Å². The van der Waals surface area contributed by atoms with Gasteiger partial charge in [-0.1, -0.05) is 0 Å². The maximum atomic E-state index is 12.1. The van der Waals surface area contributed by atoms with Crippen LogP contribution in [-0.4, -0.2) is 65.2 Å². The standard InChI is InChI=1S/C14H27N5O6/c15-6-2-1-3-9(14(24)25)18-13(23)10(7-20)19-12(22)8(16)4-5-11(17)21/h8-10,20H,1-7,15-16H2,(H2,17,21)(H,18,23)(H,19,22)(H,24,25). The average Bonchev–Trinajstić information content (AvgIpc) is 2.55. The van der Waals surface area contributed by atoms with Gasteiger partial charge in [-0.25, -0.2) is 4.79 Å². The van der Waals surface area contributed by atoms with Crippen LogP contribution in [0.4, 0.5) is 0 Å². The summed E-state index contributed by atoms with van der Waals surface area (Å²) in [4.78, 5) is 45.7. The van der Waals surface area contributed by atoms with Crippen molar-refractivity contribution in [3.8, 4) is 0 Å². The van der Waals surface area contributed by atoms with Crippen LogP contribution in [0.15, 0.2) is 0 Å². The van der Waals surface area contributed by atoms with Crippen molar-refractivity contribution in [2.75, 3.05) is 13.2 Å². The summed E-state index contributed by atoms with van der Waals surface area (Å²) in [6.45, 7) is -0.339. The number of carboxylic acid groups (broad SMARTS) is 1. The van der Waals surface area contributed by atoms with Crippen LogP contribution in [0, 0.1) is 0 Å². The number of aliphatic carboxylic acids is 1. The first-order chi connectivity index (χ1) is 11.7. The SMILES string of the molecule is NCCCCC(NC(=O)C(CO)NC(=O)C(N)CCC(N)=O)C(=O)O. The Hall–Kier alpha value is -2.24. The van der Waals surface area contributed by atoms with Gasteiger partial charge in [0.1, 0.15) is 12.1 Å². The fourth-order valence-electron chi connectivity index (χ4n) is 1.92. The van der Waals surface area contributed by atoms with Gasteiger partial charge in [-0.05, 0) is 32.2 Å². The van der Waals surface area contributed by atoms with E-state index in [-0.39, 0.29) is 19.3 Å². The molecule has 10 N–H and O–H groups in total. The van der Waals surface area contributed by atoms with E-state index in [0.717, 1.165) is 0 Å². The maximum Gasteiger partial charge on any atom is 0.326 e. The fraction of sp³-hybridized carbons (Fsp3) is 0.714. The second-order valence-corrected chi connectivity index (χ2v) is 5.54. The minimum absolute atomic E-state index is 0.0161. The van der Waals surface area contributed by atoms with Crippen molar-refractivity contribution in [2.24, 2.45) is 17.2 Å².